The highest BCUT2D eigenvalue weighted by atomic mass is 19.4. The van der Waals surface area contributed by atoms with Gasteiger partial charge in [-0.15, -0.1) is 0 Å². The summed E-state index contributed by atoms with van der Waals surface area (Å²) >= 11 is 0. The fourth-order valence-electron chi connectivity index (χ4n) is 5.79. The Kier molecular flexibility index (Phi) is 9.46. The molecule has 0 aromatic heterocycles. The summed E-state index contributed by atoms with van der Waals surface area (Å²) in [6.07, 6.45) is -2.00. The number of likely N-dealkylation sites (tertiary alicyclic amines) is 1. The largest absolute Gasteiger partial charge is 0.476 e. The Bertz CT molecular complexity index is 1290. The van der Waals surface area contributed by atoms with Gasteiger partial charge in [0.2, 0.25) is 5.91 Å². The highest BCUT2D eigenvalue weighted by molar-refractivity contribution is 6.05. The molecule has 1 aliphatic carbocycles. The molecule has 2 heterocycles. The number of hydrogen-bond donors (Lipinski definition) is 1. The molecule has 44 heavy (non-hydrogen) atoms. The molecule has 2 fully saturated rings. The minimum absolute atomic E-state index is 0.0246. The highest BCUT2D eigenvalue weighted by Gasteiger charge is 2.46. The number of fused-ring (bicyclic) bond motifs is 1. The summed E-state index contributed by atoms with van der Waals surface area (Å²) in [7, 11) is 0. The number of carbonyl (C=O) groups excluding carboxylic acids is 4. The number of nitrogens with zero attached hydrogens (tertiary/aromatic N) is 3. The minimum Gasteiger partial charge on any atom is -0.476 e. The molecule has 0 bridgehead atoms. The maximum absolute atomic E-state index is 14.6. The number of amides is 4. The van der Waals surface area contributed by atoms with E-state index >= 15 is 0 Å². The van der Waals surface area contributed by atoms with Crippen LogP contribution in [0, 0.1) is 0 Å². The van der Waals surface area contributed by atoms with Crippen LogP contribution in [0.15, 0.2) is 12.1 Å². The maximum atomic E-state index is 14.6. The van der Waals surface area contributed by atoms with Crippen LogP contribution in [-0.4, -0.2) is 83.1 Å². The van der Waals surface area contributed by atoms with E-state index in [-0.39, 0.29) is 49.4 Å². The summed E-state index contributed by atoms with van der Waals surface area (Å²) in [5.41, 5.74) is -3.91. The van der Waals surface area contributed by atoms with Crippen molar-refractivity contribution < 1.29 is 41.8 Å². The molecule has 1 saturated carbocycles. The molecule has 0 radical (unpaired) electrons. The standard InChI is InChI=1S/C31H43F3N4O6/c1-7-25(39)35-13-15-37-23-16-21(22(31(32,33)34)17-24(23)43-30(5,6)27(37)41)26(40)38(19-10-8-11-19)20-12-9-14-36(18-20)28(42)44-29(2,3)4/h16-17,19-20H,7-15,18H2,1-6H3,(H,35,39)/t20-/m1/s1. The maximum Gasteiger partial charge on any atom is 0.417 e. The Labute approximate surface area is 256 Å². The highest BCUT2D eigenvalue weighted by Crippen LogP contribution is 2.45. The Morgan fingerprint density at radius 2 is 1.75 bits per heavy atom. The van der Waals surface area contributed by atoms with Gasteiger partial charge in [0.25, 0.3) is 11.8 Å². The lowest BCUT2D eigenvalue weighted by molar-refractivity contribution is -0.138. The number of halogens is 3. The smallest absolute Gasteiger partial charge is 0.417 e. The number of piperidine rings is 1. The van der Waals surface area contributed by atoms with E-state index in [1.54, 1.807) is 27.7 Å². The fraction of sp³-hybridized carbons (Fsp3) is 0.677. The van der Waals surface area contributed by atoms with Crippen molar-refractivity contribution in [1.82, 2.24) is 15.1 Å². The van der Waals surface area contributed by atoms with Crippen LogP contribution in [0.1, 0.15) is 96.0 Å². The average molecular weight is 625 g/mol. The van der Waals surface area contributed by atoms with Crippen molar-refractivity contribution in [3.05, 3.63) is 23.3 Å². The molecule has 1 aromatic carbocycles. The second kappa shape index (κ2) is 12.5. The van der Waals surface area contributed by atoms with Gasteiger partial charge in [0.05, 0.1) is 22.9 Å². The quantitative estimate of drug-likeness (QED) is 0.451. The van der Waals surface area contributed by atoms with Crippen LogP contribution in [0.5, 0.6) is 5.75 Å². The van der Waals surface area contributed by atoms with Crippen molar-refractivity contribution in [2.45, 2.75) is 110 Å². The van der Waals surface area contributed by atoms with Gasteiger partial charge in [-0.2, -0.15) is 13.2 Å². The first-order chi connectivity index (χ1) is 20.4. The Balaban J connectivity index is 1.73. The molecule has 1 saturated heterocycles. The topological polar surface area (TPSA) is 108 Å². The van der Waals surface area contributed by atoms with E-state index in [0.717, 1.165) is 18.6 Å². The molecule has 244 valence electrons. The number of ether oxygens (including phenoxy) is 2. The average Bonchev–Trinajstić information content (AvgIpc) is 2.90. The summed E-state index contributed by atoms with van der Waals surface area (Å²) in [5, 5.41) is 2.68. The zero-order valence-electron chi connectivity index (χ0n) is 26.3. The second-order valence-corrected chi connectivity index (χ2v) is 13.2. The van der Waals surface area contributed by atoms with Crippen molar-refractivity contribution in [2.75, 3.05) is 31.1 Å². The van der Waals surface area contributed by atoms with Gasteiger partial charge < -0.3 is 29.5 Å². The van der Waals surface area contributed by atoms with Crippen molar-refractivity contribution >= 4 is 29.5 Å². The number of carbonyl (C=O) groups is 4. The fourth-order valence-corrected chi connectivity index (χ4v) is 5.79. The Hall–Kier alpha value is -3.51. The molecule has 13 heteroatoms. The van der Waals surface area contributed by atoms with Crippen LogP contribution < -0.4 is 15.0 Å². The van der Waals surface area contributed by atoms with Gasteiger partial charge in [-0.3, -0.25) is 14.4 Å². The van der Waals surface area contributed by atoms with Crippen LogP contribution in [-0.2, 0) is 20.5 Å². The van der Waals surface area contributed by atoms with Crippen molar-refractivity contribution in [1.29, 1.82) is 0 Å². The molecule has 2 aliphatic heterocycles. The van der Waals surface area contributed by atoms with Crippen LogP contribution >= 0.6 is 0 Å². The monoisotopic (exact) mass is 624 g/mol. The minimum atomic E-state index is -4.89. The predicted molar refractivity (Wildman–Crippen MR) is 156 cm³/mol. The van der Waals surface area contributed by atoms with E-state index in [1.807, 2.05) is 0 Å². The molecule has 4 amide bonds. The van der Waals surface area contributed by atoms with E-state index < -0.39 is 52.5 Å². The van der Waals surface area contributed by atoms with E-state index in [0.29, 0.717) is 32.2 Å². The van der Waals surface area contributed by atoms with Gasteiger partial charge in [0, 0.05) is 38.6 Å². The molecular weight excluding hydrogens is 581 g/mol. The van der Waals surface area contributed by atoms with E-state index in [2.05, 4.69) is 5.32 Å². The third-order valence-corrected chi connectivity index (χ3v) is 8.17. The number of benzene rings is 1. The van der Waals surface area contributed by atoms with Gasteiger partial charge in [0.15, 0.2) is 5.60 Å². The van der Waals surface area contributed by atoms with E-state index in [9.17, 15) is 32.3 Å². The Morgan fingerprint density at radius 3 is 2.32 bits per heavy atom. The molecule has 4 rings (SSSR count). The van der Waals surface area contributed by atoms with Crippen LogP contribution in [0.25, 0.3) is 0 Å². The van der Waals surface area contributed by atoms with Crippen molar-refractivity contribution in [3.63, 3.8) is 0 Å². The number of nitrogens with one attached hydrogen (secondary N) is 1. The summed E-state index contributed by atoms with van der Waals surface area (Å²) in [6, 6.07) is 1.10. The lowest BCUT2D eigenvalue weighted by Gasteiger charge is -2.46. The van der Waals surface area contributed by atoms with Crippen LogP contribution in [0.4, 0.5) is 23.7 Å². The molecule has 0 spiro atoms. The van der Waals surface area contributed by atoms with Gasteiger partial charge in [-0.05, 0) is 78.9 Å². The van der Waals surface area contributed by atoms with Crippen LogP contribution in [0.3, 0.4) is 0 Å². The lowest BCUT2D eigenvalue weighted by atomic mass is 9.87. The number of rotatable bonds is 7. The van der Waals surface area contributed by atoms with Gasteiger partial charge in [-0.25, -0.2) is 4.79 Å². The summed E-state index contributed by atoms with van der Waals surface area (Å²) < 4.78 is 55.0. The molecule has 1 aromatic rings. The van der Waals surface area contributed by atoms with Gasteiger partial charge in [0.1, 0.15) is 11.4 Å². The third kappa shape index (κ3) is 7.23. The zero-order valence-corrected chi connectivity index (χ0v) is 26.3. The first kappa shape index (κ1) is 33.4. The number of alkyl halides is 3. The SMILES string of the molecule is CCC(=O)NCCN1C(=O)C(C)(C)Oc2cc(C(F)(F)F)c(C(=O)N(C3CCC3)[C@@H]3CCCN(C(=O)OC(C)(C)C)C3)cc21. The first-order valence-corrected chi connectivity index (χ1v) is 15.3. The summed E-state index contributed by atoms with van der Waals surface area (Å²) in [4.78, 5) is 56.6. The third-order valence-electron chi connectivity index (χ3n) is 8.17. The molecule has 1 atom stereocenters. The molecule has 3 aliphatic rings. The van der Waals surface area contributed by atoms with E-state index in [4.69, 9.17) is 9.47 Å². The summed E-state index contributed by atoms with van der Waals surface area (Å²) in [5.74, 6) is -1.73. The van der Waals surface area contributed by atoms with Crippen LogP contribution in [0.2, 0.25) is 0 Å². The van der Waals surface area contributed by atoms with Gasteiger partial charge >= 0.3 is 12.3 Å². The first-order valence-electron chi connectivity index (χ1n) is 15.3. The Morgan fingerprint density at radius 1 is 1.09 bits per heavy atom. The molecule has 0 unspecified atom stereocenters. The van der Waals surface area contributed by atoms with E-state index in [1.165, 1.54) is 28.5 Å². The number of anilines is 1. The van der Waals surface area contributed by atoms with Gasteiger partial charge in [-0.1, -0.05) is 6.92 Å². The second-order valence-electron chi connectivity index (χ2n) is 13.2. The van der Waals surface area contributed by atoms with Crippen molar-refractivity contribution in [3.8, 4) is 5.75 Å². The summed E-state index contributed by atoms with van der Waals surface area (Å²) in [6.45, 7) is 10.5. The molecular formula is C31H43F3N4O6. The number of hydrogen-bond acceptors (Lipinski definition) is 6. The molecule has 1 N–H and O–H groups in total. The normalized spacial score (nSPS) is 20.3. The lowest BCUT2D eigenvalue weighted by Crippen LogP contribution is -2.57. The van der Waals surface area contributed by atoms with Crippen molar-refractivity contribution in [2.24, 2.45) is 0 Å². The zero-order chi connectivity index (χ0) is 32.6. The predicted octanol–water partition coefficient (Wildman–Crippen LogP) is 5.13. The molecule has 10 nitrogen and oxygen atoms in total.